The number of aliphatic hydroxyl groups is 1. The van der Waals surface area contributed by atoms with E-state index in [1.807, 2.05) is 27.7 Å². The lowest BCUT2D eigenvalue weighted by molar-refractivity contribution is -0.139. The number of amides is 3. The number of nitrogens with one attached hydrogen (secondary N) is 3. The SMILES string of the molecule is C#Cc1c(F)ccc2cc(O)cc(-c3ncc4c(N5CC6CC[C@@H](C5)N6)nc(OCC5(CN6CCC(OCCC(=O)NC(C(=O)N7CCC(O)C7)C(C)(C)C)CC6)CC5)nc4c3F)c12.CC(NC=O)c1ccc(-c2c(F)cccc2F)cc1. The van der Waals surface area contributed by atoms with Crippen LogP contribution in [0.15, 0.2) is 72.9 Å². The van der Waals surface area contributed by atoms with Crippen LogP contribution in [0.3, 0.4) is 0 Å². The summed E-state index contributed by atoms with van der Waals surface area (Å²) in [5, 5.41) is 30.9. The van der Waals surface area contributed by atoms with Gasteiger partial charge in [0.05, 0.1) is 48.0 Å². The molecule has 6 heterocycles. The van der Waals surface area contributed by atoms with Gasteiger partial charge in [-0.2, -0.15) is 9.97 Å². The third-order valence-corrected chi connectivity index (χ3v) is 16.7. The molecule has 6 aromatic rings. The largest absolute Gasteiger partial charge is 0.508 e. The first-order chi connectivity index (χ1) is 39.8. The van der Waals surface area contributed by atoms with Crippen LogP contribution in [-0.4, -0.2) is 143 Å². The zero-order valence-corrected chi connectivity index (χ0v) is 47.2. The summed E-state index contributed by atoms with van der Waals surface area (Å²) >= 11 is 0. The Morgan fingerprint density at radius 3 is 2.28 bits per heavy atom. The number of hydrogen-bond acceptors (Lipinski definition) is 13. The van der Waals surface area contributed by atoms with Gasteiger partial charge in [0, 0.05) is 86.9 Å². The van der Waals surface area contributed by atoms with Gasteiger partial charge in [0.25, 0.3) is 0 Å². The number of piperidine rings is 1. The lowest BCUT2D eigenvalue weighted by atomic mass is 9.85. The number of piperazine rings is 1. The van der Waals surface area contributed by atoms with Crippen LogP contribution < -0.4 is 25.6 Å². The summed E-state index contributed by atoms with van der Waals surface area (Å²) in [7, 11) is 0. The van der Waals surface area contributed by atoms with Gasteiger partial charge >= 0.3 is 6.01 Å². The summed E-state index contributed by atoms with van der Waals surface area (Å²) in [5.41, 5.74) is 0.697. The number of fused-ring (bicyclic) bond motifs is 4. The number of rotatable bonds is 17. The summed E-state index contributed by atoms with van der Waals surface area (Å²) in [4.78, 5) is 56.9. The third-order valence-electron chi connectivity index (χ3n) is 16.7. The van der Waals surface area contributed by atoms with Gasteiger partial charge < -0.3 is 50.3 Å². The molecule has 2 bridgehead atoms. The number of benzene rings is 4. The summed E-state index contributed by atoms with van der Waals surface area (Å²) in [5.74, 6) is -0.173. The topological polar surface area (TPSA) is 195 Å². The molecule has 2 aromatic heterocycles. The number of carbonyl (C=O) groups is 3. The van der Waals surface area contributed by atoms with Gasteiger partial charge in [-0.15, -0.1) is 6.42 Å². The molecule has 5 aliphatic rings. The third kappa shape index (κ3) is 13.3. The zero-order chi connectivity index (χ0) is 58.7. The average Bonchev–Trinajstić information content (AvgIpc) is 3.98. The second-order valence-corrected chi connectivity index (χ2v) is 23.9. The van der Waals surface area contributed by atoms with Gasteiger partial charge in [-0.25, -0.2) is 17.6 Å². The van der Waals surface area contributed by atoms with E-state index in [9.17, 15) is 37.8 Å². The van der Waals surface area contributed by atoms with Crippen LogP contribution in [0, 0.1) is 46.4 Å². The number of pyridine rings is 1. The molecular formula is C63H71F4N9O7. The first kappa shape index (κ1) is 58.7. The van der Waals surface area contributed by atoms with E-state index in [0.717, 1.165) is 63.7 Å². The van der Waals surface area contributed by atoms with Crippen molar-refractivity contribution in [1.82, 2.24) is 40.7 Å². The van der Waals surface area contributed by atoms with Crippen LogP contribution >= 0.6 is 0 Å². The molecule has 11 rings (SSSR count). The van der Waals surface area contributed by atoms with E-state index < -0.39 is 40.8 Å². The molecule has 0 spiro atoms. The van der Waals surface area contributed by atoms with Crippen molar-refractivity contribution in [3.63, 3.8) is 0 Å². The van der Waals surface area contributed by atoms with Crippen molar-refractivity contribution >= 4 is 45.7 Å². The van der Waals surface area contributed by atoms with E-state index in [0.29, 0.717) is 61.2 Å². The number of anilines is 1. The van der Waals surface area contributed by atoms with Crippen molar-refractivity contribution in [3.8, 4) is 46.5 Å². The molecule has 5 atom stereocenters. The minimum Gasteiger partial charge on any atom is -0.508 e. The highest BCUT2D eigenvalue weighted by Gasteiger charge is 2.46. The van der Waals surface area contributed by atoms with Gasteiger partial charge in [-0.1, -0.05) is 63.1 Å². The molecule has 4 aliphatic heterocycles. The Morgan fingerprint density at radius 1 is 0.928 bits per heavy atom. The number of halogens is 4. The van der Waals surface area contributed by atoms with Crippen molar-refractivity contribution < 1.29 is 51.6 Å². The van der Waals surface area contributed by atoms with Crippen molar-refractivity contribution in [2.24, 2.45) is 10.8 Å². The zero-order valence-electron chi connectivity index (χ0n) is 47.2. The van der Waals surface area contributed by atoms with E-state index in [1.165, 1.54) is 42.5 Å². The fourth-order valence-electron chi connectivity index (χ4n) is 11.9. The van der Waals surface area contributed by atoms with Crippen molar-refractivity contribution in [2.75, 3.05) is 63.9 Å². The maximum Gasteiger partial charge on any atom is 0.319 e. The Bertz CT molecular complexity index is 3390. The Balaban J connectivity index is 0.000000343. The van der Waals surface area contributed by atoms with Crippen LogP contribution in [0.5, 0.6) is 11.8 Å². The molecule has 1 aliphatic carbocycles. The molecule has 5 fully saturated rings. The Labute approximate surface area is 480 Å². The van der Waals surface area contributed by atoms with E-state index in [1.54, 1.807) is 35.4 Å². The number of terminal acetylenes is 1. The standard InChI is InChI=1S/C48H58F2N8O6.C15H13F2NO/c1-5-34-37(49)9-6-28-20-32(60)21-35(39(28)34)41-40(50)42-36(22-51-41)44(58-23-29-7-8-30(24-58)52-29)55-46(54-42)64-27-48(14-15-48)26-56-16-11-33(12-17-56)63-19-13-38(61)53-43(47(2,3)4)45(62)57-18-10-31(59)25-57;1-10(18-9-19)11-5-7-12(8-6-11)15-13(16)3-2-4-14(15)17/h1,6,9,20-22,29-31,33,43,52,59-60H,7-8,10-19,23-27H2,2-4H3,(H,53,61);2-10H,1H3,(H,18,19)/t29-,30?,31?,43?;/m0./s1. The first-order valence-corrected chi connectivity index (χ1v) is 28.6. The maximum absolute atomic E-state index is 17.0. The van der Waals surface area contributed by atoms with E-state index in [4.69, 9.17) is 20.9 Å². The van der Waals surface area contributed by atoms with Gasteiger partial charge in [-0.05, 0) is 104 Å². The summed E-state index contributed by atoms with van der Waals surface area (Å²) < 4.78 is 71.9. The normalized spacial score (nSPS) is 20.3. The number of likely N-dealkylation sites (tertiary alicyclic amines) is 2. The molecular weight excluding hydrogens is 1070 g/mol. The predicted octanol–water partition coefficient (Wildman–Crippen LogP) is 8.34. The average molecular weight is 1140 g/mol. The lowest BCUT2D eigenvalue weighted by Gasteiger charge is -2.35. The fourth-order valence-corrected chi connectivity index (χ4v) is 11.9. The second kappa shape index (κ2) is 24.8. The number of aliphatic hydroxyl groups excluding tert-OH is 1. The molecule has 3 amide bonds. The first-order valence-electron chi connectivity index (χ1n) is 28.6. The summed E-state index contributed by atoms with van der Waals surface area (Å²) in [6.45, 7) is 12.9. The van der Waals surface area contributed by atoms with Gasteiger partial charge in [0.1, 0.15) is 46.3 Å². The highest BCUT2D eigenvalue weighted by atomic mass is 19.1. The van der Waals surface area contributed by atoms with Gasteiger partial charge in [0.15, 0.2) is 5.82 Å². The Hall–Kier alpha value is -7.44. The fraction of sp³-hybridized carbons (Fsp3) is 0.460. The molecule has 4 unspecified atom stereocenters. The molecule has 1 saturated carbocycles. The summed E-state index contributed by atoms with van der Waals surface area (Å²) in [6.07, 6.45) is 13.8. The van der Waals surface area contributed by atoms with Crippen LogP contribution in [0.25, 0.3) is 44.1 Å². The van der Waals surface area contributed by atoms with Gasteiger partial charge in [0.2, 0.25) is 18.2 Å². The molecule has 16 nitrogen and oxygen atoms in total. The molecule has 438 valence electrons. The number of carbonyl (C=O) groups excluding carboxylic acids is 3. The van der Waals surface area contributed by atoms with Crippen LogP contribution in [0.1, 0.15) is 96.2 Å². The molecule has 5 N–H and O–H groups in total. The lowest BCUT2D eigenvalue weighted by Crippen LogP contribution is -2.54. The van der Waals surface area contributed by atoms with Crippen molar-refractivity contribution in [1.29, 1.82) is 0 Å². The summed E-state index contributed by atoms with van der Waals surface area (Å²) in [6, 6.07) is 15.8. The number of aromatic nitrogens is 3. The highest BCUT2D eigenvalue weighted by Crippen LogP contribution is 2.47. The Morgan fingerprint density at radius 2 is 1.64 bits per heavy atom. The van der Waals surface area contributed by atoms with Gasteiger partial charge in [-0.3, -0.25) is 19.4 Å². The van der Waals surface area contributed by atoms with E-state index >= 15 is 4.39 Å². The molecule has 20 heteroatoms. The minimum absolute atomic E-state index is 0.0146. The van der Waals surface area contributed by atoms with Crippen LogP contribution in [-0.2, 0) is 19.1 Å². The molecule has 83 heavy (non-hydrogen) atoms. The second-order valence-electron chi connectivity index (χ2n) is 23.9. The van der Waals surface area contributed by atoms with E-state index in [-0.39, 0.29) is 106 Å². The van der Waals surface area contributed by atoms with Crippen molar-refractivity contribution in [2.45, 2.75) is 115 Å². The number of hydrogen-bond donors (Lipinski definition) is 5. The number of phenols is 1. The molecule has 0 radical (unpaired) electrons. The predicted molar refractivity (Wildman–Crippen MR) is 307 cm³/mol. The smallest absolute Gasteiger partial charge is 0.319 e. The Kier molecular flexibility index (Phi) is 17.5. The molecule has 4 saturated heterocycles. The minimum atomic E-state index is -0.752. The number of ether oxygens (including phenoxy) is 2. The number of phenolic OH excluding ortho intramolecular Hbond substituents is 1. The van der Waals surface area contributed by atoms with Crippen LogP contribution in [0.2, 0.25) is 0 Å². The number of aromatic hydroxyl groups is 1. The monoisotopic (exact) mass is 1140 g/mol. The quantitative estimate of drug-likeness (QED) is 0.0333. The number of β-amino-alcohol motifs (C(OH)–C–C–N with tert-alkyl or cyclic N) is 1. The van der Waals surface area contributed by atoms with Crippen molar-refractivity contribution in [3.05, 3.63) is 107 Å². The molecule has 4 aromatic carbocycles. The highest BCUT2D eigenvalue weighted by molar-refractivity contribution is 6.03. The maximum atomic E-state index is 17.0. The number of nitrogens with zero attached hydrogens (tertiary/aromatic N) is 6. The van der Waals surface area contributed by atoms with Crippen LogP contribution in [0.4, 0.5) is 23.4 Å². The van der Waals surface area contributed by atoms with E-state index in [2.05, 4.69) is 41.6 Å².